The van der Waals surface area contributed by atoms with Crippen LogP contribution < -0.4 is 0 Å². The summed E-state index contributed by atoms with van der Waals surface area (Å²) >= 11 is 0. The minimum absolute atomic E-state index is 0.234. The zero-order chi connectivity index (χ0) is 9.07. The lowest BCUT2D eigenvalue weighted by atomic mass is 9.91. The summed E-state index contributed by atoms with van der Waals surface area (Å²) in [5, 5.41) is 8.54. The van der Waals surface area contributed by atoms with Crippen LogP contribution in [0.1, 0.15) is 20.8 Å². The maximum Gasteiger partial charge on any atom is 0.330 e. The number of carboxylic acid groups (broad SMARTS) is 1. The second-order valence-corrected chi connectivity index (χ2v) is 3.16. The summed E-state index contributed by atoms with van der Waals surface area (Å²) in [6, 6.07) is 0. The number of hydrogen-bond donors (Lipinski definition) is 1. The molecule has 1 N–H and O–H groups in total. The zero-order valence-corrected chi connectivity index (χ0v) is 7.22. The van der Waals surface area contributed by atoms with Crippen LogP contribution in [0.4, 0.5) is 0 Å². The smallest absolute Gasteiger partial charge is 0.330 e. The maximum absolute atomic E-state index is 10.4. The predicted octanol–water partition coefficient (Wildman–Crippen LogP) is 2.23. The average molecular weight is 154 g/mol. The van der Waals surface area contributed by atoms with Crippen molar-refractivity contribution in [3.05, 3.63) is 24.3 Å². The third-order valence-electron chi connectivity index (χ3n) is 1.45. The van der Waals surface area contributed by atoms with Gasteiger partial charge in [0.05, 0.1) is 0 Å². The van der Waals surface area contributed by atoms with Gasteiger partial charge in [-0.15, -0.1) is 6.58 Å². The fourth-order valence-corrected chi connectivity index (χ4v) is 0.679. The Labute approximate surface area is 67.2 Å². The lowest BCUT2D eigenvalue weighted by Gasteiger charge is -2.13. The van der Waals surface area contributed by atoms with Gasteiger partial charge in [0.25, 0.3) is 0 Å². The normalized spacial score (nSPS) is 12.8. The highest BCUT2D eigenvalue weighted by molar-refractivity contribution is 5.85. The Morgan fingerprint density at radius 2 is 2.00 bits per heavy atom. The quantitative estimate of drug-likeness (QED) is 0.500. The molecule has 0 aliphatic carbocycles. The number of carboxylic acids is 1. The summed E-state index contributed by atoms with van der Waals surface area (Å²) in [4.78, 5) is 10.4. The van der Waals surface area contributed by atoms with Crippen molar-refractivity contribution < 1.29 is 9.90 Å². The first-order valence-corrected chi connectivity index (χ1v) is 3.45. The largest absolute Gasteiger partial charge is 0.478 e. The van der Waals surface area contributed by atoms with Gasteiger partial charge in [-0.1, -0.05) is 26.0 Å². The Morgan fingerprint density at radius 3 is 2.27 bits per heavy atom. The third-order valence-corrected chi connectivity index (χ3v) is 1.45. The number of rotatable bonds is 3. The molecule has 0 radical (unpaired) electrons. The monoisotopic (exact) mass is 154 g/mol. The Balaban J connectivity index is 4.54. The Morgan fingerprint density at radius 1 is 1.55 bits per heavy atom. The van der Waals surface area contributed by atoms with E-state index in [-0.39, 0.29) is 5.41 Å². The number of allylic oxidation sites excluding steroid dienone is 2. The van der Waals surface area contributed by atoms with Gasteiger partial charge in [-0.05, 0) is 6.92 Å². The molecule has 0 fully saturated rings. The Bertz CT molecular complexity index is 200. The molecule has 0 bridgehead atoms. The molecule has 2 heteroatoms. The fourth-order valence-electron chi connectivity index (χ4n) is 0.679. The molecule has 0 rings (SSSR count). The Hall–Kier alpha value is -1.05. The van der Waals surface area contributed by atoms with Crippen LogP contribution in [0.25, 0.3) is 0 Å². The standard InChI is InChI=1S/C9H14O2/c1-5-9(3,4)6-7(2)8(10)11/h5-6H,1H2,2-4H3,(H,10,11). The fraction of sp³-hybridized carbons (Fsp3) is 0.444. The molecule has 0 amide bonds. The van der Waals surface area contributed by atoms with Crippen LogP contribution in [0, 0.1) is 5.41 Å². The molecule has 0 aliphatic rings. The minimum atomic E-state index is -0.875. The first-order chi connectivity index (χ1) is 4.89. The van der Waals surface area contributed by atoms with Crippen LogP contribution >= 0.6 is 0 Å². The lowest BCUT2D eigenvalue weighted by molar-refractivity contribution is -0.132. The van der Waals surface area contributed by atoms with Crippen LogP contribution in [0.15, 0.2) is 24.3 Å². The number of carbonyl (C=O) groups is 1. The van der Waals surface area contributed by atoms with Gasteiger partial charge in [-0.3, -0.25) is 0 Å². The topological polar surface area (TPSA) is 37.3 Å². The van der Waals surface area contributed by atoms with E-state index in [1.165, 1.54) is 0 Å². The summed E-state index contributed by atoms with van der Waals surface area (Å²) in [7, 11) is 0. The van der Waals surface area contributed by atoms with E-state index in [4.69, 9.17) is 5.11 Å². The Kier molecular flexibility index (Phi) is 3.05. The van der Waals surface area contributed by atoms with Crippen molar-refractivity contribution in [2.45, 2.75) is 20.8 Å². The molecule has 11 heavy (non-hydrogen) atoms. The summed E-state index contributed by atoms with van der Waals surface area (Å²) in [6.07, 6.45) is 3.40. The van der Waals surface area contributed by atoms with Crippen molar-refractivity contribution in [3.63, 3.8) is 0 Å². The maximum atomic E-state index is 10.4. The average Bonchev–Trinajstić information content (AvgIpc) is 1.87. The third kappa shape index (κ3) is 3.61. The highest BCUT2D eigenvalue weighted by Crippen LogP contribution is 2.19. The van der Waals surface area contributed by atoms with Crippen molar-refractivity contribution in [1.82, 2.24) is 0 Å². The van der Waals surface area contributed by atoms with E-state index in [1.807, 2.05) is 13.8 Å². The second kappa shape index (κ2) is 3.37. The molecule has 0 saturated heterocycles. The van der Waals surface area contributed by atoms with Gasteiger partial charge in [-0.2, -0.15) is 0 Å². The molecule has 0 unspecified atom stereocenters. The molecule has 0 aromatic heterocycles. The van der Waals surface area contributed by atoms with Crippen LogP contribution in [0.2, 0.25) is 0 Å². The molecule has 0 aromatic carbocycles. The summed E-state index contributed by atoms with van der Waals surface area (Å²) in [5.41, 5.74) is 0.123. The molecule has 0 heterocycles. The van der Waals surface area contributed by atoms with Crippen molar-refractivity contribution in [2.24, 2.45) is 5.41 Å². The van der Waals surface area contributed by atoms with Crippen LogP contribution in [0.5, 0.6) is 0 Å². The van der Waals surface area contributed by atoms with Crippen LogP contribution in [0.3, 0.4) is 0 Å². The van der Waals surface area contributed by atoms with Gasteiger partial charge in [0.1, 0.15) is 0 Å². The van der Waals surface area contributed by atoms with Crippen molar-refractivity contribution in [2.75, 3.05) is 0 Å². The van der Waals surface area contributed by atoms with Crippen molar-refractivity contribution in [3.8, 4) is 0 Å². The van der Waals surface area contributed by atoms with E-state index in [0.717, 1.165) is 0 Å². The molecule has 2 nitrogen and oxygen atoms in total. The molecule has 0 atom stereocenters. The van der Waals surface area contributed by atoms with Gasteiger partial charge in [0, 0.05) is 11.0 Å². The molecular weight excluding hydrogens is 140 g/mol. The van der Waals surface area contributed by atoms with Gasteiger partial charge in [0.2, 0.25) is 0 Å². The van der Waals surface area contributed by atoms with E-state index >= 15 is 0 Å². The summed E-state index contributed by atoms with van der Waals surface area (Å²) in [5.74, 6) is -0.875. The summed E-state index contributed by atoms with van der Waals surface area (Å²) in [6.45, 7) is 9.00. The SMILES string of the molecule is C=CC(C)(C)C=C(C)C(=O)O. The second-order valence-electron chi connectivity index (χ2n) is 3.16. The van der Waals surface area contributed by atoms with Gasteiger partial charge >= 0.3 is 5.97 Å². The van der Waals surface area contributed by atoms with Crippen molar-refractivity contribution in [1.29, 1.82) is 0 Å². The van der Waals surface area contributed by atoms with E-state index in [0.29, 0.717) is 5.57 Å². The minimum Gasteiger partial charge on any atom is -0.478 e. The first-order valence-electron chi connectivity index (χ1n) is 3.45. The lowest BCUT2D eigenvalue weighted by Crippen LogP contribution is -2.06. The van der Waals surface area contributed by atoms with E-state index in [9.17, 15) is 4.79 Å². The van der Waals surface area contributed by atoms with Gasteiger partial charge < -0.3 is 5.11 Å². The van der Waals surface area contributed by atoms with Gasteiger partial charge in [0.15, 0.2) is 0 Å². The van der Waals surface area contributed by atoms with E-state index in [2.05, 4.69) is 6.58 Å². The first kappa shape index (κ1) is 9.95. The van der Waals surface area contributed by atoms with E-state index < -0.39 is 5.97 Å². The van der Waals surface area contributed by atoms with Crippen LogP contribution in [-0.4, -0.2) is 11.1 Å². The number of hydrogen-bond acceptors (Lipinski definition) is 1. The molecule has 62 valence electrons. The molecular formula is C9H14O2. The number of aliphatic carboxylic acids is 1. The predicted molar refractivity (Wildman–Crippen MR) is 45.4 cm³/mol. The summed E-state index contributed by atoms with van der Waals surface area (Å²) < 4.78 is 0. The van der Waals surface area contributed by atoms with Gasteiger partial charge in [-0.25, -0.2) is 4.79 Å². The van der Waals surface area contributed by atoms with E-state index in [1.54, 1.807) is 19.1 Å². The molecule has 0 aliphatic heterocycles. The molecule has 0 spiro atoms. The molecule has 0 saturated carbocycles. The highest BCUT2D eigenvalue weighted by Gasteiger charge is 2.11. The molecule has 0 aromatic rings. The zero-order valence-electron chi connectivity index (χ0n) is 7.22. The highest BCUT2D eigenvalue weighted by atomic mass is 16.4. The van der Waals surface area contributed by atoms with Crippen LogP contribution in [-0.2, 0) is 4.79 Å². The van der Waals surface area contributed by atoms with Crippen molar-refractivity contribution >= 4 is 5.97 Å².